The van der Waals surface area contributed by atoms with E-state index in [4.69, 9.17) is 0 Å². The third-order valence-corrected chi connectivity index (χ3v) is 17.9. The predicted molar refractivity (Wildman–Crippen MR) is 369 cm³/mol. The van der Waals surface area contributed by atoms with Crippen LogP contribution in [0.4, 0.5) is 51.2 Å². The Balaban J connectivity index is 0.920. The maximum atomic E-state index is 2.54. The number of nitrogens with zero attached hydrogens (tertiary/aromatic N) is 3. The molecule has 0 unspecified atom stereocenters. The fourth-order valence-electron chi connectivity index (χ4n) is 13.9. The average Bonchev–Trinajstić information content (AvgIpc) is 1.57. The molecule has 88 heavy (non-hydrogen) atoms. The summed E-state index contributed by atoms with van der Waals surface area (Å²) in [6, 6.07) is 131. The lowest BCUT2D eigenvalue weighted by Crippen LogP contribution is -2.26. The predicted octanol–water partition coefficient (Wildman–Crippen LogP) is 23.1. The Labute approximate surface area is 515 Å². The summed E-state index contributed by atoms with van der Waals surface area (Å²) in [5.41, 5.74) is 28.4. The van der Waals surface area contributed by atoms with E-state index in [1.54, 1.807) is 0 Å². The summed E-state index contributed by atoms with van der Waals surface area (Å²) < 4.78 is 0. The number of hydrogen-bond donors (Lipinski definition) is 0. The molecule has 3 nitrogen and oxygen atoms in total. The van der Waals surface area contributed by atoms with Crippen LogP contribution < -0.4 is 14.7 Å². The number of rotatable bonds is 13. The molecule has 0 bridgehead atoms. The standard InChI is InChI=1S/C85H59N3/c1-7-23-60(24-8-1)63-39-46-70(47-40-63)86(67-29-13-4-14-30-67)73-53-56-84(88(69-33-17-6-18-34-69)72-50-43-65(44-51-72)62-27-11-3-12-28-62)79(58-73)66-45-54-77-78-55-52-74(87(68-31-15-5-16-32-68)71-48-41-64(42-49-71)61-25-9-2-10-26-61)59-83(78)85(82(77)57-66)80-37-21-19-35-75(80)76-36-20-22-38-81(76)85/h1-59H. The molecule has 16 rings (SSSR count). The van der Waals surface area contributed by atoms with Crippen molar-refractivity contribution in [3.05, 3.63) is 380 Å². The highest BCUT2D eigenvalue weighted by molar-refractivity contribution is 5.99. The molecule has 0 saturated heterocycles. The van der Waals surface area contributed by atoms with Gasteiger partial charge >= 0.3 is 0 Å². The summed E-state index contributed by atoms with van der Waals surface area (Å²) in [6.45, 7) is 0. The Hall–Kier alpha value is -11.5. The zero-order valence-electron chi connectivity index (χ0n) is 48.4. The molecule has 0 aliphatic heterocycles. The fraction of sp³-hybridized carbons (Fsp3) is 0.0118. The third-order valence-electron chi connectivity index (χ3n) is 17.9. The molecule has 0 radical (unpaired) electrons. The van der Waals surface area contributed by atoms with Gasteiger partial charge in [-0.05, 0) is 193 Å². The monoisotopic (exact) mass is 1120 g/mol. The lowest BCUT2D eigenvalue weighted by molar-refractivity contribution is 0.794. The largest absolute Gasteiger partial charge is 0.310 e. The van der Waals surface area contributed by atoms with E-state index >= 15 is 0 Å². The minimum absolute atomic E-state index is 0.663. The first-order valence-corrected chi connectivity index (χ1v) is 30.3. The molecule has 0 fully saturated rings. The first kappa shape index (κ1) is 52.1. The Morgan fingerprint density at radius 3 is 0.886 bits per heavy atom. The number of anilines is 9. The Morgan fingerprint density at radius 2 is 0.443 bits per heavy atom. The highest BCUT2D eigenvalue weighted by Gasteiger charge is 2.52. The molecule has 0 amide bonds. The van der Waals surface area contributed by atoms with Gasteiger partial charge in [-0.1, -0.05) is 249 Å². The Kier molecular flexibility index (Phi) is 13.1. The minimum atomic E-state index is -0.663. The van der Waals surface area contributed by atoms with Gasteiger partial charge in [-0.3, -0.25) is 0 Å². The zero-order valence-corrected chi connectivity index (χ0v) is 48.4. The van der Waals surface area contributed by atoms with Crippen molar-refractivity contribution in [1.82, 2.24) is 0 Å². The Bertz CT molecular complexity index is 4750. The maximum absolute atomic E-state index is 2.54. The normalized spacial score (nSPS) is 12.2. The molecule has 0 N–H and O–H groups in total. The SMILES string of the molecule is c1ccc(-c2ccc(N(c3ccccc3)c3ccc(N(c4ccccc4)c4ccc(-c5ccccc5)cc4)c(-c4ccc5c(c4)C4(c6ccccc6-c6ccccc64)c4cc(N(c6ccccc6)c6ccc(-c7ccccc7)cc6)ccc4-5)c3)cc2)cc1. The molecule has 0 atom stereocenters. The average molecular weight is 1120 g/mol. The van der Waals surface area contributed by atoms with Gasteiger partial charge in [0, 0.05) is 51.1 Å². The summed E-state index contributed by atoms with van der Waals surface area (Å²) >= 11 is 0. The molecule has 414 valence electrons. The molecule has 2 aliphatic carbocycles. The quantitative estimate of drug-likeness (QED) is 0.114. The number of para-hydroxylation sites is 3. The summed E-state index contributed by atoms with van der Waals surface area (Å²) in [7, 11) is 0. The van der Waals surface area contributed by atoms with Crippen LogP contribution in [0.5, 0.6) is 0 Å². The topological polar surface area (TPSA) is 9.72 Å². The second-order valence-electron chi connectivity index (χ2n) is 22.8. The van der Waals surface area contributed by atoms with Gasteiger partial charge in [-0.15, -0.1) is 0 Å². The van der Waals surface area contributed by atoms with Gasteiger partial charge in [0.05, 0.1) is 11.1 Å². The van der Waals surface area contributed by atoms with E-state index in [2.05, 4.69) is 373 Å². The van der Waals surface area contributed by atoms with Crippen LogP contribution in [0.15, 0.2) is 358 Å². The molecule has 0 aromatic heterocycles. The zero-order chi connectivity index (χ0) is 58.4. The second-order valence-corrected chi connectivity index (χ2v) is 22.8. The van der Waals surface area contributed by atoms with Gasteiger partial charge in [0.25, 0.3) is 0 Å². The van der Waals surface area contributed by atoms with Crippen LogP contribution in [0.2, 0.25) is 0 Å². The third kappa shape index (κ3) is 8.99. The van der Waals surface area contributed by atoms with Crippen molar-refractivity contribution in [3.8, 4) is 66.8 Å². The number of fused-ring (bicyclic) bond motifs is 10. The van der Waals surface area contributed by atoms with Crippen molar-refractivity contribution in [2.45, 2.75) is 5.41 Å². The van der Waals surface area contributed by atoms with Crippen LogP contribution >= 0.6 is 0 Å². The molecular formula is C85H59N3. The van der Waals surface area contributed by atoms with E-state index in [9.17, 15) is 0 Å². The van der Waals surface area contributed by atoms with Crippen LogP contribution in [0, 0.1) is 0 Å². The van der Waals surface area contributed by atoms with Crippen LogP contribution in [0.1, 0.15) is 22.3 Å². The van der Waals surface area contributed by atoms with Gasteiger partial charge in [0.1, 0.15) is 0 Å². The number of benzene rings is 14. The smallest absolute Gasteiger partial charge is 0.0726 e. The summed E-state index contributed by atoms with van der Waals surface area (Å²) in [4.78, 5) is 7.25. The van der Waals surface area contributed by atoms with E-state index < -0.39 is 5.41 Å². The van der Waals surface area contributed by atoms with Crippen LogP contribution in [0.3, 0.4) is 0 Å². The van der Waals surface area contributed by atoms with Crippen LogP contribution in [0.25, 0.3) is 66.8 Å². The van der Waals surface area contributed by atoms with E-state index in [1.807, 2.05) is 0 Å². The van der Waals surface area contributed by atoms with Crippen LogP contribution in [-0.4, -0.2) is 0 Å². The van der Waals surface area contributed by atoms with Gasteiger partial charge in [0.2, 0.25) is 0 Å². The van der Waals surface area contributed by atoms with Crippen molar-refractivity contribution < 1.29 is 0 Å². The first-order valence-electron chi connectivity index (χ1n) is 30.3. The lowest BCUT2D eigenvalue weighted by Gasteiger charge is -2.33. The van der Waals surface area contributed by atoms with E-state index in [0.29, 0.717) is 0 Å². The summed E-state index contributed by atoms with van der Waals surface area (Å²) in [6.07, 6.45) is 0. The van der Waals surface area contributed by atoms with Crippen molar-refractivity contribution >= 4 is 51.2 Å². The van der Waals surface area contributed by atoms with Crippen LogP contribution in [-0.2, 0) is 5.41 Å². The minimum Gasteiger partial charge on any atom is -0.310 e. The van der Waals surface area contributed by atoms with Crippen molar-refractivity contribution in [3.63, 3.8) is 0 Å². The van der Waals surface area contributed by atoms with Gasteiger partial charge in [0.15, 0.2) is 0 Å². The highest BCUT2D eigenvalue weighted by atomic mass is 15.2. The molecular weight excluding hydrogens is 1060 g/mol. The Morgan fingerprint density at radius 1 is 0.159 bits per heavy atom. The fourth-order valence-corrected chi connectivity index (χ4v) is 13.9. The number of hydrogen-bond acceptors (Lipinski definition) is 3. The summed E-state index contributed by atoms with van der Waals surface area (Å²) in [5, 5.41) is 0. The first-order chi connectivity index (χ1) is 43.7. The van der Waals surface area contributed by atoms with Gasteiger partial charge in [-0.2, -0.15) is 0 Å². The molecule has 1 spiro atoms. The van der Waals surface area contributed by atoms with E-state index in [1.165, 1.54) is 77.9 Å². The highest BCUT2D eigenvalue weighted by Crippen LogP contribution is 2.64. The maximum Gasteiger partial charge on any atom is 0.0726 e. The molecule has 0 heterocycles. The molecule has 3 heteroatoms. The van der Waals surface area contributed by atoms with E-state index in [0.717, 1.165) is 62.3 Å². The van der Waals surface area contributed by atoms with Gasteiger partial charge in [-0.25, -0.2) is 0 Å². The summed E-state index contributed by atoms with van der Waals surface area (Å²) in [5.74, 6) is 0. The van der Waals surface area contributed by atoms with Crippen molar-refractivity contribution in [1.29, 1.82) is 0 Å². The lowest BCUT2D eigenvalue weighted by atomic mass is 9.70. The van der Waals surface area contributed by atoms with Crippen molar-refractivity contribution in [2.24, 2.45) is 0 Å². The van der Waals surface area contributed by atoms with Crippen molar-refractivity contribution in [2.75, 3.05) is 14.7 Å². The molecule has 14 aromatic carbocycles. The molecule has 0 saturated carbocycles. The van der Waals surface area contributed by atoms with E-state index in [-0.39, 0.29) is 0 Å². The second kappa shape index (κ2) is 22.2. The van der Waals surface area contributed by atoms with Gasteiger partial charge < -0.3 is 14.7 Å². The molecule has 14 aromatic rings. The molecule has 2 aliphatic rings.